The standard InChI is InChI=1S/C12H20N2OS/c1-9-4-3-5-10(2)14(9)6-12-13-11(7-15)8-16-12/h8-10,15H,3-7H2,1-2H3. The summed E-state index contributed by atoms with van der Waals surface area (Å²) in [5.74, 6) is 0. The molecular formula is C12H20N2OS. The van der Waals surface area contributed by atoms with Crippen LogP contribution in [-0.2, 0) is 13.2 Å². The van der Waals surface area contributed by atoms with E-state index in [0.717, 1.165) is 17.2 Å². The van der Waals surface area contributed by atoms with E-state index in [2.05, 4.69) is 23.7 Å². The van der Waals surface area contributed by atoms with Crippen LogP contribution >= 0.6 is 11.3 Å². The zero-order valence-electron chi connectivity index (χ0n) is 10.0. The summed E-state index contributed by atoms with van der Waals surface area (Å²) in [7, 11) is 0. The first-order valence-electron chi connectivity index (χ1n) is 6.00. The Hall–Kier alpha value is -0.450. The lowest BCUT2D eigenvalue weighted by Gasteiger charge is -2.38. The van der Waals surface area contributed by atoms with Gasteiger partial charge in [-0.05, 0) is 26.7 Å². The van der Waals surface area contributed by atoms with Crippen LogP contribution in [0.2, 0.25) is 0 Å². The highest BCUT2D eigenvalue weighted by molar-refractivity contribution is 7.09. The molecule has 0 amide bonds. The second-order valence-corrected chi connectivity index (χ2v) is 5.63. The SMILES string of the molecule is CC1CCCC(C)N1Cc1nc(CO)cs1. The van der Waals surface area contributed by atoms with Crippen molar-refractivity contribution in [3.05, 3.63) is 16.1 Å². The number of aromatic nitrogens is 1. The number of thiazole rings is 1. The van der Waals surface area contributed by atoms with E-state index in [4.69, 9.17) is 5.11 Å². The summed E-state index contributed by atoms with van der Waals surface area (Å²) in [4.78, 5) is 6.95. The topological polar surface area (TPSA) is 36.4 Å². The smallest absolute Gasteiger partial charge is 0.107 e. The Labute approximate surface area is 101 Å². The highest BCUT2D eigenvalue weighted by Gasteiger charge is 2.25. The Kier molecular flexibility index (Phi) is 3.95. The molecular weight excluding hydrogens is 220 g/mol. The van der Waals surface area contributed by atoms with Crippen molar-refractivity contribution in [3.8, 4) is 0 Å². The van der Waals surface area contributed by atoms with Gasteiger partial charge >= 0.3 is 0 Å². The zero-order chi connectivity index (χ0) is 11.5. The van der Waals surface area contributed by atoms with Gasteiger partial charge in [0.2, 0.25) is 0 Å². The zero-order valence-corrected chi connectivity index (χ0v) is 10.8. The molecule has 4 heteroatoms. The molecule has 2 unspecified atom stereocenters. The van der Waals surface area contributed by atoms with Gasteiger partial charge < -0.3 is 5.11 Å². The van der Waals surface area contributed by atoms with Crippen LogP contribution in [0.4, 0.5) is 0 Å². The molecule has 2 heterocycles. The first kappa shape index (κ1) is 12.0. The second kappa shape index (κ2) is 5.25. The Morgan fingerprint density at radius 2 is 2.12 bits per heavy atom. The minimum Gasteiger partial charge on any atom is -0.390 e. The van der Waals surface area contributed by atoms with E-state index in [1.165, 1.54) is 19.3 Å². The fourth-order valence-electron chi connectivity index (χ4n) is 2.44. The van der Waals surface area contributed by atoms with E-state index in [1.807, 2.05) is 5.38 Å². The van der Waals surface area contributed by atoms with Crippen molar-refractivity contribution < 1.29 is 5.11 Å². The number of aliphatic hydroxyl groups is 1. The van der Waals surface area contributed by atoms with Crippen LogP contribution in [0.25, 0.3) is 0 Å². The first-order chi connectivity index (χ1) is 7.70. The quantitative estimate of drug-likeness (QED) is 0.881. The molecule has 0 aromatic carbocycles. The number of rotatable bonds is 3. The molecule has 1 N–H and O–H groups in total. The van der Waals surface area contributed by atoms with Gasteiger partial charge in [-0.15, -0.1) is 11.3 Å². The van der Waals surface area contributed by atoms with E-state index in [9.17, 15) is 0 Å². The van der Waals surface area contributed by atoms with Crippen molar-refractivity contribution in [2.45, 2.75) is 58.3 Å². The third-order valence-electron chi connectivity index (χ3n) is 3.46. The van der Waals surface area contributed by atoms with Gasteiger partial charge in [-0.2, -0.15) is 0 Å². The number of piperidine rings is 1. The molecule has 1 aliphatic rings. The lowest BCUT2D eigenvalue weighted by Crippen LogP contribution is -2.42. The summed E-state index contributed by atoms with van der Waals surface area (Å²) in [6.45, 7) is 5.60. The molecule has 1 aromatic heterocycles. The molecule has 1 aliphatic heterocycles. The average molecular weight is 240 g/mol. The predicted octanol–water partition coefficient (Wildman–Crippen LogP) is 2.40. The summed E-state index contributed by atoms with van der Waals surface area (Å²) in [5, 5.41) is 12.1. The van der Waals surface area contributed by atoms with Crippen molar-refractivity contribution in [3.63, 3.8) is 0 Å². The van der Waals surface area contributed by atoms with E-state index in [1.54, 1.807) is 11.3 Å². The normalized spacial score (nSPS) is 27.2. The Bertz CT molecular complexity index is 330. The fraction of sp³-hybridized carbons (Fsp3) is 0.750. The molecule has 3 nitrogen and oxygen atoms in total. The molecule has 1 aromatic rings. The Morgan fingerprint density at radius 1 is 1.44 bits per heavy atom. The van der Waals surface area contributed by atoms with E-state index >= 15 is 0 Å². The van der Waals surface area contributed by atoms with Crippen molar-refractivity contribution in [1.82, 2.24) is 9.88 Å². The lowest BCUT2D eigenvalue weighted by molar-refractivity contribution is 0.0950. The number of hydrogen-bond donors (Lipinski definition) is 1. The fourth-order valence-corrected chi connectivity index (χ4v) is 3.23. The number of aliphatic hydroxyl groups excluding tert-OH is 1. The first-order valence-corrected chi connectivity index (χ1v) is 6.88. The van der Waals surface area contributed by atoms with Crippen molar-refractivity contribution >= 4 is 11.3 Å². The molecule has 90 valence electrons. The van der Waals surface area contributed by atoms with Gasteiger partial charge in [0, 0.05) is 17.5 Å². The second-order valence-electron chi connectivity index (χ2n) is 4.69. The predicted molar refractivity (Wildman–Crippen MR) is 66.4 cm³/mol. The van der Waals surface area contributed by atoms with Gasteiger partial charge in [-0.1, -0.05) is 6.42 Å². The van der Waals surface area contributed by atoms with Crippen LogP contribution < -0.4 is 0 Å². The van der Waals surface area contributed by atoms with Crippen LogP contribution in [0.3, 0.4) is 0 Å². The minimum atomic E-state index is 0.0571. The molecule has 0 aliphatic carbocycles. The summed E-state index contributed by atoms with van der Waals surface area (Å²) < 4.78 is 0. The van der Waals surface area contributed by atoms with Gasteiger partial charge in [0.05, 0.1) is 18.8 Å². The molecule has 0 radical (unpaired) electrons. The van der Waals surface area contributed by atoms with Gasteiger partial charge in [0.25, 0.3) is 0 Å². The highest BCUT2D eigenvalue weighted by atomic mass is 32.1. The Balaban J connectivity index is 2.01. The molecule has 2 rings (SSSR count). The summed E-state index contributed by atoms with van der Waals surface area (Å²) in [6, 6.07) is 1.32. The molecule has 1 saturated heterocycles. The molecule has 0 bridgehead atoms. The monoisotopic (exact) mass is 240 g/mol. The van der Waals surface area contributed by atoms with Crippen LogP contribution in [-0.4, -0.2) is 27.1 Å². The highest BCUT2D eigenvalue weighted by Crippen LogP contribution is 2.25. The van der Waals surface area contributed by atoms with E-state index < -0.39 is 0 Å². The molecule has 2 atom stereocenters. The van der Waals surface area contributed by atoms with Crippen LogP contribution in [0.15, 0.2) is 5.38 Å². The van der Waals surface area contributed by atoms with Gasteiger partial charge in [0.1, 0.15) is 5.01 Å². The summed E-state index contributed by atoms with van der Waals surface area (Å²) in [5.41, 5.74) is 0.803. The van der Waals surface area contributed by atoms with Crippen LogP contribution in [0, 0.1) is 0 Å². The number of hydrogen-bond acceptors (Lipinski definition) is 4. The maximum absolute atomic E-state index is 8.99. The molecule has 16 heavy (non-hydrogen) atoms. The number of likely N-dealkylation sites (tertiary alicyclic amines) is 1. The minimum absolute atomic E-state index is 0.0571. The third kappa shape index (κ3) is 2.62. The van der Waals surface area contributed by atoms with Crippen LogP contribution in [0.5, 0.6) is 0 Å². The van der Waals surface area contributed by atoms with Crippen molar-refractivity contribution in [2.75, 3.05) is 0 Å². The summed E-state index contributed by atoms with van der Waals surface area (Å²) >= 11 is 1.66. The Morgan fingerprint density at radius 3 is 2.69 bits per heavy atom. The molecule has 1 fully saturated rings. The van der Waals surface area contributed by atoms with Gasteiger partial charge in [-0.3, -0.25) is 4.90 Å². The molecule has 0 saturated carbocycles. The van der Waals surface area contributed by atoms with Gasteiger partial charge in [0.15, 0.2) is 0 Å². The lowest BCUT2D eigenvalue weighted by atomic mass is 9.98. The van der Waals surface area contributed by atoms with Crippen LogP contribution in [0.1, 0.15) is 43.8 Å². The summed E-state index contributed by atoms with van der Waals surface area (Å²) in [6.07, 6.45) is 3.93. The third-order valence-corrected chi connectivity index (χ3v) is 4.34. The van der Waals surface area contributed by atoms with Gasteiger partial charge in [-0.25, -0.2) is 4.98 Å². The maximum atomic E-state index is 8.99. The van der Waals surface area contributed by atoms with Crippen molar-refractivity contribution in [2.24, 2.45) is 0 Å². The average Bonchev–Trinajstić information content (AvgIpc) is 2.71. The van der Waals surface area contributed by atoms with E-state index in [0.29, 0.717) is 12.1 Å². The maximum Gasteiger partial charge on any atom is 0.107 e. The number of nitrogens with zero attached hydrogens (tertiary/aromatic N) is 2. The van der Waals surface area contributed by atoms with Crippen molar-refractivity contribution in [1.29, 1.82) is 0 Å². The molecule has 0 spiro atoms. The van der Waals surface area contributed by atoms with E-state index in [-0.39, 0.29) is 6.61 Å². The largest absolute Gasteiger partial charge is 0.390 e.